The van der Waals surface area contributed by atoms with Crippen molar-refractivity contribution in [2.45, 2.75) is 0 Å². The Labute approximate surface area is 126 Å². The van der Waals surface area contributed by atoms with E-state index in [-0.39, 0.29) is 6.03 Å². The van der Waals surface area contributed by atoms with Gasteiger partial charge in [-0.25, -0.2) is 4.79 Å². The van der Waals surface area contributed by atoms with E-state index in [2.05, 4.69) is 10.6 Å². The molecule has 0 radical (unpaired) electrons. The van der Waals surface area contributed by atoms with Gasteiger partial charge in [-0.3, -0.25) is 0 Å². The van der Waals surface area contributed by atoms with Crippen LogP contribution in [0, 0.1) is 0 Å². The van der Waals surface area contributed by atoms with E-state index >= 15 is 0 Å². The van der Waals surface area contributed by atoms with E-state index in [4.69, 9.17) is 27.9 Å². The van der Waals surface area contributed by atoms with E-state index in [9.17, 15) is 4.79 Å². The summed E-state index contributed by atoms with van der Waals surface area (Å²) in [4.78, 5) is 11.4. The van der Waals surface area contributed by atoms with Crippen LogP contribution in [0.4, 0.5) is 10.5 Å². The van der Waals surface area contributed by atoms with E-state index in [1.807, 2.05) is 18.2 Å². The fourth-order valence-corrected chi connectivity index (χ4v) is 1.83. The second-order valence-electron chi connectivity index (χ2n) is 3.88. The molecule has 104 valence electrons. The van der Waals surface area contributed by atoms with E-state index in [1.165, 1.54) is 13.1 Å². The Morgan fingerprint density at radius 1 is 1.10 bits per heavy atom. The van der Waals surface area contributed by atoms with Gasteiger partial charge in [-0.15, -0.1) is 0 Å². The maximum Gasteiger partial charge on any atom is 0.319 e. The number of benzene rings is 2. The highest BCUT2D eigenvalue weighted by atomic mass is 35.5. The summed E-state index contributed by atoms with van der Waals surface area (Å²) < 4.78 is 5.71. The number of amides is 2. The largest absolute Gasteiger partial charge is 0.455 e. The molecular weight excluding hydrogens is 299 g/mol. The molecule has 2 amide bonds. The second-order valence-corrected chi connectivity index (χ2v) is 4.70. The lowest BCUT2D eigenvalue weighted by molar-refractivity contribution is 0.254. The number of ether oxygens (including phenoxy) is 1. The van der Waals surface area contributed by atoms with Crippen LogP contribution in [0.25, 0.3) is 0 Å². The molecule has 2 N–H and O–H groups in total. The number of halogens is 2. The predicted molar refractivity (Wildman–Crippen MR) is 81.1 cm³/mol. The van der Waals surface area contributed by atoms with E-state index in [0.717, 1.165) is 0 Å². The number of carbonyl (C=O) groups is 1. The smallest absolute Gasteiger partial charge is 0.319 e. The minimum atomic E-state index is -0.374. The van der Waals surface area contributed by atoms with Gasteiger partial charge in [-0.1, -0.05) is 41.4 Å². The zero-order chi connectivity index (χ0) is 14.5. The maximum absolute atomic E-state index is 11.4. The van der Waals surface area contributed by atoms with Crippen LogP contribution in [0.3, 0.4) is 0 Å². The van der Waals surface area contributed by atoms with Crippen molar-refractivity contribution in [1.29, 1.82) is 0 Å². The predicted octanol–water partition coefficient (Wildman–Crippen LogP) is 4.54. The highest BCUT2D eigenvalue weighted by molar-refractivity contribution is 6.42. The molecule has 0 unspecified atom stereocenters. The summed E-state index contributed by atoms with van der Waals surface area (Å²) in [5, 5.41) is 5.77. The average Bonchev–Trinajstić information content (AvgIpc) is 2.45. The van der Waals surface area contributed by atoms with Gasteiger partial charge in [0, 0.05) is 13.1 Å². The van der Waals surface area contributed by atoms with Crippen LogP contribution in [0.15, 0.2) is 42.5 Å². The SMILES string of the molecule is CNC(=O)Nc1cc(Cl)c(Cl)cc1Oc1ccccc1. The van der Waals surface area contributed by atoms with Gasteiger partial charge in [0.1, 0.15) is 5.75 Å². The zero-order valence-electron chi connectivity index (χ0n) is 10.6. The van der Waals surface area contributed by atoms with Crippen molar-refractivity contribution >= 4 is 34.9 Å². The molecule has 0 heterocycles. The van der Waals surface area contributed by atoms with Crippen molar-refractivity contribution in [3.05, 3.63) is 52.5 Å². The van der Waals surface area contributed by atoms with Gasteiger partial charge in [0.25, 0.3) is 0 Å². The highest BCUT2D eigenvalue weighted by Gasteiger charge is 2.12. The minimum Gasteiger partial charge on any atom is -0.455 e. The fourth-order valence-electron chi connectivity index (χ4n) is 1.51. The summed E-state index contributed by atoms with van der Waals surface area (Å²) in [6.45, 7) is 0. The number of hydrogen-bond acceptors (Lipinski definition) is 2. The molecule has 0 saturated carbocycles. The van der Waals surface area contributed by atoms with Crippen LogP contribution in [0.5, 0.6) is 11.5 Å². The fraction of sp³-hybridized carbons (Fsp3) is 0.0714. The first-order valence-corrected chi connectivity index (χ1v) is 6.56. The van der Waals surface area contributed by atoms with Gasteiger partial charge in [-0.05, 0) is 18.2 Å². The third kappa shape index (κ3) is 3.56. The number of urea groups is 1. The molecule has 6 heteroatoms. The first kappa shape index (κ1) is 14.5. The summed E-state index contributed by atoms with van der Waals surface area (Å²) in [6, 6.07) is 11.9. The topological polar surface area (TPSA) is 50.4 Å². The second kappa shape index (κ2) is 6.50. The Kier molecular flexibility index (Phi) is 4.71. The first-order chi connectivity index (χ1) is 9.60. The molecule has 0 aliphatic heterocycles. The van der Waals surface area contributed by atoms with Gasteiger partial charge >= 0.3 is 6.03 Å². The summed E-state index contributed by atoms with van der Waals surface area (Å²) in [6.07, 6.45) is 0. The van der Waals surface area contributed by atoms with Crippen molar-refractivity contribution in [1.82, 2.24) is 5.32 Å². The van der Waals surface area contributed by atoms with Crippen molar-refractivity contribution < 1.29 is 9.53 Å². The third-order valence-corrected chi connectivity index (χ3v) is 3.19. The minimum absolute atomic E-state index is 0.332. The van der Waals surface area contributed by atoms with E-state index in [0.29, 0.717) is 27.2 Å². The van der Waals surface area contributed by atoms with Gasteiger partial charge in [0.05, 0.1) is 15.7 Å². The van der Waals surface area contributed by atoms with E-state index < -0.39 is 0 Å². The summed E-state index contributed by atoms with van der Waals surface area (Å²) in [5.41, 5.74) is 0.433. The number of carbonyl (C=O) groups excluding carboxylic acids is 1. The van der Waals surface area contributed by atoms with Crippen molar-refractivity contribution in [2.24, 2.45) is 0 Å². The van der Waals surface area contributed by atoms with Crippen LogP contribution in [0.1, 0.15) is 0 Å². The van der Waals surface area contributed by atoms with Crippen molar-refractivity contribution in [3.63, 3.8) is 0 Å². The molecule has 2 rings (SSSR count). The summed E-state index contributed by atoms with van der Waals surface area (Å²) in [5.74, 6) is 1.04. The van der Waals surface area contributed by atoms with E-state index in [1.54, 1.807) is 18.2 Å². The Balaban J connectivity index is 2.34. The molecule has 0 atom stereocenters. The van der Waals surface area contributed by atoms with Crippen molar-refractivity contribution in [3.8, 4) is 11.5 Å². The molecule has 2 aromatic carbocycles. The lowest BCUT2D eigenvalue weighted by atomic mass is 10.3. The normalized spacial score (nSPS) is 9.95. The number of para-hydroxylation sites is 1. The number of nitrogens with one attached hydrogen (secondary N) is 2. The Morgan fingerprint density at radius 3 is 2.40 bits per heavy atom. The van der Waals surface area contributed by atoms with Crippen LogP contribution < -0.4 is 15.4 Å². The molecule has 0 aliphatic carbocycles. The van der Waals surface area contributed by atoms with Crippen LogP contribution in [0.2, 0.25) is 10.0 Å². The Bertz CT molecular complexity index is 618. The first-order valence-electron chi connectivity index (χ1n) is 5.81. The monoisotopic (exact) mass is 310 g/mol. The molecule has 20 heavy (non-hydrogen) atoms. The van der Waals surface area contributed by atoms with Gasteiger partial charge < -0.3 is 15.4 Å². The molecular formula is C14H12Cl2N2O2. The zero-order valence-corrected chi connectivity index (χ0v) is 12.1. The van der Waals surface area contributed by atoms with Crippen LogP contribution >= 0.6 is 23.2 Å². The van der Waals surface area contributed by atoms with Crippen LogP contribution in [-0.2, 0) is 0 Å². The van der Waals surface area contributed by atoms with Crippen LogP contribution in [-0.4, -0.2) is 13.1 Å². The molecule has 0 bridgehead atoms. The lowest BCUT2D eigenvalue weighted by Gasteiger charge is -2.13. The molecule has 0 fully saturated rings. The third-order valence-electron chi connectivity index (χ3n) is 2.47. The summed E-state index contributed by atoms with van der Waals surface area (Å²) in [7, 11) is 1.52. The van der Waals surface area contributed by atoms with Crippen molar-refractivity contribution in [2.75, 3.05) is 12.4 Å². The number of rotatable bonds is 3. The molecule has 4 nitrogen and oxygen atoms in total. The highest BCUT2D eigenvalue weighted by Crippen LogP contribution is 2.36. The average molecular weight is 311 g/mol. The lowest BCUT2D eigenvalue weighted by Crippen LogP contribution is -2.24. The number of anilines is 1. The molecule has 0 saturated heterocycles. The Morgan fingerprint density at radius 2 is 1.75 bits per heavy atom. The standard InChI is InChI=1S/C14H12Cl2N2O2/c1-17-14(19)18-12-7-10(15)11(16)8-13(12)20-9-5-3-2-4-6-9/h2-8H,1H3,(H2,17,18,19). The molecule has 0 aliphatic rings. The molecule has 2 aromatic rings. The van der Waals surface area contributed by atoms with Gasteiger partial charge in [-0.2, -0.15) is 0 Å². The number of hydrogen-bond donors (Lipinski definition) is 2. The quantitative estimate of drug-likeness (QED) is 0.874. The summed E-state index contributed by atoms with van der Waals surface area (Å²) >= 11 is 11.9. The molecule has 0 spiro atoms. The van der Waals surface area contributed by atoms with Gasteiger partial charge in [0.15, 0.2) is 5.75 Å². The van der Waals surface area contributed by atoms with Gasteiger partial charge in [0.2, 0.25) is 0 Å². The Hall–Kier alpha value is -1.91. The maximum atomic E-state index is 11.4. The molecule has 0 aromatic heterocycles.